The third-order valence-corrected chi connectivity index (χ3v) is 5.89. The molecule has 0 bridgehead atoms. The smallest absolute Gasteiger partial charge is 0.193 e. The van der Waals surface area contributed by atoms with Gasteiger partial charge in [0.2, 0.25) is 0 Å². The minimum absolute atomic E-state index is 0. The van der Waals surface area contributed by atoms with E-state index < -0.39 is 0 Å². The zero-order chi connectivity index (χ0) is 21.3. The minimum Gasteiger partial charge on any atom is -0.496 e. The Balaban J connectivity index is 0.00000341. The molecule has 8 nitrogen and oxygen atoms in total. The van der Waals surface area contributed by atoms with Crippen LogP contribution >= 0.6 is 24.0 Å². The van der Waals surface area contributed by atoms with Crippen molar-refractivity contribution in [3.05, 3.63) is 17.7 Å². The van der Waals surface area contributed by atoms with Crippen molar-refractivity contribution in [1.82, 2.24) is 15.1 Å². The molecule has 1 unspecified atom stereocenters. The predicted molar refractivity (Wildman–Crippen MR) is 134 cm³/mol. The summed E-state index contributed by atoms with van der Waals surface area (Å²) in [6.07, 6.45) is 1.97. The molecule has 0 radical (unpaired) electrons. The molecular weight excluding hydrogens is 511 g/mol. The van der Waals surface area contributed by atoms with E-state index in [2.05, 4.69) is 20.1 Å². The van der Waals surface area contributed by atoms with Gasteiger partial charge in [-0.25, -0.2) is 0 Å². The van der Waals surface area contributed by atoms with Crippen LogP contribution in [-0.4, -0.2) is 96.6 Å². The molecule has 2 fully saturated rings. The van der Waals surface area contributed by atoms with Crippen LogP contribution in [0.25, 0.3) is 0 Å². The normalized spacial score (nSPS) is 19.7. The van der Waals surface area contributed by atoms with Crippen molar-refractivity contribution in [2.24, 2.45) is 10.9 Å². The zero-order valence-electron chi connectivity index (χ0n) is 19.2. The van der Waals surface area contributed by atoms with Gasteiger partial charge in [0.15, 0.2) is 5.96 Å². The molecule has 2 saturated heterocycles. The van der Waals surface area contributed by atoms with Gasteiger partial charge >= 0.3 is 0 Å². The van der Waals surface area contributed by atoms with Crippen LogP contribution in [0, 0.1) is 5.92 Å². The van der Waals surface area contributed by atoms with Crippen LogP contribution in [0.1, 0.15) is 12.0 Å². The fourth-order valence-corrected chi connectivity index (χ4v) is 4.28. The van der Waals surface area contributed by atoms with E-state index in [1.165, 1.54) is 6.42 Å². The molecule has 0 amide bonds. The molecule has 2 aliphatic rings. The zero-order valence-corrected chi connectivity index (χ0v) is 21.5. The third kappa shape index (κ3) is 7.01. The maximum absolute atomic E-state index is 5.56. The standard InChI is InChI=1S/C22H36N4O4.HI/c1-23-22(26-8-6-17(16-26)15-25-9-11-30-12-10-25)24-7-5-19-20(28-3)13-18(27-2)14-21(19)29-4;/h13-14,17H,5-12,15-16H2,1-4H3,(H,23,24);1H. The average Bonchev–Trinajstić information content (AvgIpc) is 3.25. The van der Waals surface area contributed by atoms with Crippen molar-refractivity contribution < 1.29 is 18.9 Å². The Morgan fingerprint density at radius 2 is 1.77 bits per heavy atom. The second-order valence-corrected chi connectivity index (χ2v) is 7.75. The molecule has 0 aliphatic carbocycles. The van der Waals surface area contributed by atoms with E-state index in [0.29, 0.717) is 5.92 Å². The van der Waals surface area contributed by atoms with E-state index in [0.717, 1.165) is 87.7 Å². The van der Waals surface area contributed by atoms with E-state index in [9.17, 15) is 0 Å². The number of likely N-dealkylation sites (tertiary alicyclic amines) is 1. The molecule has 2 heterocycles. The minimum atomic E-state index is 0. The summed E-state index contributed by atoms with van der Waals surface area (Å²) in [4.78, 5) is 9.40. The Kier molecular flexibility index (Phi) is 11.0. The molecule has 1 atom stereocenters. The van der Waals surface area contributed by atoms with Gasteiger partial charge in [-0.05, 0) is 18.8 Å². The Labute approximate surface area is 203 Å². The summed E-state index contributed by atoms with van der Waals surface area (Å²) in [5.74, 6) is 3.92. The number of benzene rings is 1. The Morgan fingerprint density at radius 3 is 2.35 bits per heavy atom. The van der Waals surface area contributed by atoms with Gasteiger partial charge in [0.05, 0.1) is 34.5 Å². The molecular formula is C22H37IN4O4. The number of aliphatic imine (C=N–C) groups is 1. The Bertz CT molecular complexity index is 688. The second kappa shape index (κ2) is 13.2. The third-order valence-electron chi connectivity index (χ3n) is 5.89. The molecule has 1 aromatic carbocycles. The van der Waals surface area contributed by atoms with Crippen molar-refractivity contribution >= 4 is 29.9 Å². The molecule has 0 spiro atoms. The summed E-state index contributed by atoms with van der Waals surface area (Å²) in [6, 6.07) is 3.78. The van der Waals surface area contributed by atoms with Crippen molar-refractivity contribution in [3.63, 3.8) is 0 Å². The van der Waals surface area contributed by atoms with E-state index >= 15 is 0 Å². The maximum Gasteiger partial charge on any atom is 0.193 e. The highest BCUT2D eigenvalue weighted by atomic mass is 127. The van der Waals surface area contributed by atoms with Gasteiger partial charge in [-0.3, -0.25) is 9.89 Å². The lowest BCUT2D eigenvalue weighted by Crippen LogP contribution is -2.42. The first-order valence-electron chi connectivity index (χ1n) is 10.7. The molecule has 9 heteroatoms. The molecule has 1 N–H and O–H groups in total. The van der Waals surface area contributed by atoms with Crippen LogP contribution < -0.4 is 19.5 Å². The molecule has 1 aromatic rings. The highest BCUT2D eigenvalue weighted by molar-refractivity contribution is 14.0. The summed E-state index contributed by atoms with van der Waals surface area (Å²) < 4.78 is 21.9. The Morgan fingerprint density at radius 1 is 1.10 bits per heavy atom. The van der Waals surface area contributed by atoms with Crippen molar-refractivity contribution in [2.45, 2.75) is 12.8 Å². The number of nitrogens with one attached hydrogen (secondary N) is 1. The summed E-state index contributed by atoms with van der Waals surface area (Å²) in [5, 5.41) is 3.52. The van der Waals surface area contributed by atoms with Crippen LogP contribution in [0.4, 0.5) is 0 Å². The summed E-state index contributed by atoms with van der Waals surface area (Å²) in [6.45, 7) is 7.81. The number of ether oxygens (including phenoxy) is 4. The Hall–Kier alpha value is -1.46. The average molecular weight is 548 g/mol. The lowest BCUT2D eigenvalue weighted by Gasteiger charge is -2.29. The lowest BCUT2D eigenvalue weighted by atomic mass is 10.1. The summed E-state index contributed by atoms with van der Waals surface area (Å²) >= 11 is 0. The summed E-state index contributed by atoms with van der Waals surface area (Å²) in [5.41, 5.74) is 1.02. The molecule has 0 saturated carbocycles. The van der Waals surface area contributed by atoms with Gasteiger partial charge in [-0.1, -0.05) is 0 Å². The first-order chi connectivity index (χ1) is 14.7. The van der Waals surface area contributed by atoms with Gasteiger partial charge in [-0.2, -0.15) is 0 Å². The topological polar surface area (TPSA) is 67.8 Å². The quantitative estimate of drug-likeness (QED) is 0.303. The second-order valence-electron chi connectivity index (χ2n) is 7.75. The van der Waals surface area contributed by atoms with Gasteiger partial charge in [0.1, 0.15) is 17.2 Å². The molecule has 2 aliphatic heterocycles. The first-order valence-corrected chi connectivity index (χ1v) is 10.7. The number of nitrogens with zero attached hydrogens (tertiary/aromatic N) is 3. The largest absolute Gasteiger partial charge is 0.496 e. The van der Waals surface area contributed by atoms with Gasteiger partial charge in [0.25, 0.3) is 0 Å². The molecule has 0 aromatic heterocycles. The number of hydrogen-bond acceptors (Lipinski definition) is 6. The van der Waals surface area contributed by atoms with E-state index in [-0.39, 0.29) is 24.0 Å². The van der Waals surface area contributed by atoms with Gasteiger partial charge < -0.3 is 29.2 Å². The van der Waals surface area contributed by atoms with E-state index in [1.807, 2.05) is 19.2 Å². The van der Waals surface area contributed by atoms with Crippen molar-refractivity contribution in [3.8, 4) is 17.2 Å². The molecule has 176 valence electrons. The van der Waals surface area contributed by atoms with E-state index in [4.69, 9.17) is 18.9 Å². The van der Waals surface area contributed by atoms with Crippen LogP contribution in [0.3, 0.4) is 0 Å². The fourth-order valence-electron chi connectivity index (χ4n) is 4.28. The number of methoxy groups -OCH3 is 3. The van der Waals surface area contributed by atoms with Crippen LogP contribution in [0.5, 0.6) is 17.2 Å². The number of morpholine rings is 1. The first kappa shape index (κ1) is 25.8. The van der Waals surface area contributed by atoms with Crippen LogP contribution in [0.2, 0.25) is 0 Å². The lowest BCUT2D eigenvalue weighted by molar-refractivity contribution is 0.0315. The van der Waals surface area contributed by atoms with Crippen LogP contribution in [-0.2, 0) is 11.2 Å². The van der Waals surface area contributed by atoms with Gasteiger partial charge in [0, 0.05) is 64.0 Å². The van der Waals surface area contributed by atoms with Crippen LogP contribution in [0.15, 0.2) is 17.1 Å². The predicted octanol–water partition coefficient (Wildman–Crippen LogP) is 2.10. The summed E-state index contributed by atoms with van der Waals surface area (Å²) in [7, 11) is 6.83. The fraction of sp³-hybridized carbons (Fsp3) is 0.682. The SMILES string of the molecule is CN=C(NCCc1c(OC)cc(OC)cc1OC)N1CCC(CN2CCOCC2)C1.I. The van der Waals surface area contributed by atoms with E-state index in [1.54, 1.807) is 21.3 Å². The van der Waals surface area contributed by atoms with Crippen molar-refractivity contribution in [2.75, 3.05) is 80.9 Å². The number of guanidine groups is 1. The van der Waals surface area contributed by atoms with Crippen molar-refractivity contribution in [1.29, 1.82) is 0 Å². The number of halogens is 1. The number of hydrogen-bond donors (Lipinski definition) is 1. The van der Waals surface area contributed by atoms with Gasteiger partial charge in [-0.15, -0.1) is 24.0 Å². The molecule has 31 heavy (non-hydrogen) atoms. The highest BCUT2D eigenvalue weighted by Gasteiger charge is 2.27. The molecule has 3 rings (SSSR count). The number of rotatable bonds is 8. The highest BCUT2D eigenvalue weighted by Crippen LogP contribution is 2.34. The monoisotopic (exact) mass is 548 g/mol. The maximum atomic E-state index is 5.56.